The summed E-state index contributed by atoms with van der Waals surface area (Å²) in [6.45, 7) is 0. The van der Waals surface area contributed by atoms with Crippen molar-refractivity contribution in [3.8, 4) is 11.3 Å². The summed E-state index contributed by atoms with van der Waals surface area (Å²) in [5, 5.41) is 0. The lowest BCUT2D eigenvalue weighted by atomic mass is 10.2. The van der Waals surface area contributed by atoms with Gasteiger partial charge in [0.25, 0.3) is 0 Å². The molecule has 0 saturated carbocycles. The maximum atomic E-state index is 5.00. The number of aromatic amines is 1. The van der Waals surface area contributed by atoms with Crippen LogP contribution in [0.2, 0.25) is 0 Å². The van der Waals surface area contributed by atoms with Crippen molar-refractivity contribution < 1.29 is 4.42 Å². The molecule has 0 spiro atoms. The molecule has 3 aromatic heterocycles. The highest BCUT2D eigenvalue weighted by atomic mass is 16.3. The molecule has 4 nitrogen and oxygen atoms in total. The van der Waals surface area contributed by atoms with Crippen molar-refractivity contribution >= 4 is 11.2 Å². The van der Waals surface area contributed by atoms with Crippen LogP contribution in [0.5, 0.6) is 0 Å². The van der Waals surface area contributed by atoms with E-state index in [9.17, 15) is 0 Å². The average molecular weight is 185 g/mol. The highest BCUT2D eigenvalue weighted by molar-refractivity contribution is 5.78. The van der Waals surface area contributed by atoms with E-state index in [1.807, 2.05) is 12.1 Å². The van der Waals surface area contributed by atoms with Crippen molar-refractivity contribution in [2.45, 2.75) is 0 Å². The number of aromatic nitrogens is 3. The topological polar surface area (TPSA) is 54.7 Å². The number of hydrogen-bond donors (Lipinski definition) is 1. The van der Waals surface area contributed by atoms with Gasteiger partial charge in [-0.3, -0.25) is 4.98 Å². The zero-order valence-electron chi connectivity index (χ0n) is 7.27. The number of H-pyrrole nitrogens is 1. The maximum absolute atomic E-state index is 5.00. The Balaban J connectivity index is 2.24. The standard InChI is InChI=1S/C10H7N3O/c1-4-14-6-7(1)8-5-9-10(13-8)12-3-2-11-9/h1-6H,(H,12,13). The van der Waals surface area contributed by atoms with Crippen molar-refractivity contribution in [3.63, 3.8) is 0 Å². The normalized spacial score (nSPS) is 10.9. The summed E-state index contributed by atoms with van der Waals surface area (Å²) in [5.74, 6) is 0. The van der Waals surface area contributed by atoms with E-state index in [1.54, 1.807) is 24.9 Å². The molecule has 0 saturated heterocycles. The molecule has 0 aliphatic carbocycles. The van der Waals surface area contributed by atoms with E-state index in [0.717, 1.165) is 22.4 Å². The largest absolute Gasteiger partial charge is 0.472 e. The number of nitrogens with one attached hydrogen (secondary N) is 1. The number of rotatable bonds is 1. The van der Waals surface area contributed by atoms with Gasteiger partial charge >= 0.3 is 0 Å². The number of nitrogens with zero attached hydrogens (tertiary/aromatic N) is 2. The van der Waals surface area contributed by atoms with Crippen LogP contribution in [0.3, 0.4) is 0 Å². The van der Waals surface area contributed by atoms with Crippen LogP contribution in [0.25, 0.3) is 22.4 Å². The van der Waals surface area contributed by atoms with E-state index < -0.39 is 0 Å². The second-order valence-electron chi connectivity index (χ2n) is 2.99. The predicted octanol–water partition coefficient (Wildman–Crippen LogP) is 2.22. The Morgan fingerprint density at radius 1 is 1.21 bits per heavy atom. The summed E-state index contributed by atoms with van der Waals surface area (Å²) < 4.78 is 5.00. The SMILES string of the molecule is c1cnc2[nH]c(-c3ccoc3)cc2n1. The van der Waals surface area contributed by atoms with Gasteiger partial charge in [0.05, 0.1) is 18.2 Å². The van der Waals surface area contributed by atoms with Gasteiger partial charge in [0.1, 0.15) is 5.52 Å². The zero-order chi connectivity index (χ0) is 9.38. The molecule has 1 N–H and O–H groups in total. The van der Waals surface area contributed by atoms with Gasteiger partial charge in [-0.1, -0.05) is 0 Å². The summed E-state index contributed by atoms with van der Waals surface area (Å²) in [5.41, 5.74) is 3.64. The van der Waals surface area contributed by atoms with E-state index >= 15 is 0 Å². The van der Waals surface area contributed by atoms with Gasteiger partial charge < -0.3 is 9.40 Å². The van der Waals surface area contributed by atoms with Gasteiger partial charge in [0, 0.05) is 18.0 Å². The Kier molecular flexibility index (Phi) is 1.41. The van der Waals surface area contributed by atoms with Crippen molar-refractivity contribution in [3.05, 3.63) is 37.1 Å². The second-order valence-corrected chi connectivity index (χ2v) is 2.99. The van der Waals surface area contributed by atoms with Gasteiger partial charge in [-0.15, -0.1) is 0 Å². The summed E-state index contributed by atoms with van der Waals surface area (Å²) >= 11 is 0. The first-order chi connectivity index (χ1) is 6.93. The summed E-state index contributed by atoms with van der Waals surface area (Å²) in [6, 6.07) is 3.85. The van der Waals surface area contributed by atoms with Gasteiger partial charge in [0.15, 0.2) is 5.65 Å². The lowest BCUT2D eigenvalue weighted by Crippen LogP contribution is -1.76. The molecule has 0 aromatic carbocycles. The molecule has 3 aromatic rings. The molecular weight excluding hydrogens is 178 g/mol. The van der Waals surface area contributed by atoms with Gasteiger partial charge in [-0.05, 0) is 12.1 Å². The van der Waals surface area contributed by atoms with Gasteiger partial charge in [-0.2, -0.15) is 0 Å². The molecule has 0 unspecified atom stereocenters. The first-order valence-corrected chi connectivity index (χ1v) is 4.26. The predicted molar refractivity (Wildman–Crippen MR) is 51.6 cm³/mol. The van der Waals surface area contributed by atoms with Crippen molar-refractivity contribution in [2.24, 2.45) is 0 Å². The van der Waals surface area contributed by atoms with Crippen LogP contribution in [0, 0.1) is 0 Å². The van der Waals surface area contributed by atoms with Crippen LogP contribution in [0.15, 0.2) is 41.5 Å². The fraction of sp³-hybridized carbons (Fsp3) is 0. The Morgan fingerprint density at radius 2 is 2.14 bits per heavy atom. The molecule has 14 heavy (non-hydrogen) atoms. The molecule has 0 fully saturated rings. The molecule has 3 rings (SSSR count). The fourth-order valence-corrected chi connectivity index (χ4v) is 1.42. The van der Waals surface area contributed by atoms with Crippen molar-refractivity contribution in [1.29, 1.82) is 0 Å². The molecule has 0 atom stereocenters. The lowest BCUT2D eigenvalue weighted by Gasteiger charge is -1.86. The molecule has 4 heteroatoms. The smallest absolute Gasteiger partial charge is 0.156 e. The van der Waals surface area contributed by atoms with Crippen LogP contribution in [-0.2, 0) is 0 Å². The van der Waals surface area contributed by atoms with Crippen molar-refractivity contribution in [2.75, 3.05) is 0 Å². The molecule has 0 bridgehead atoms. The third-order valence-corrected chi connectivity index (χ3v) is 2.09. The highest BCUT2D eigenvalue weighted by Gasteiger charge is 2.04. The Labute approximate surface area is 79.6 Å². The fourth-order valence-electron chi connectivity index (χ4n) is 1.42. The average Bonchev–Trinajstić information content (AvgIpc) is 2.86. The molecule has 0 amide bonds. The Bertz CT molecular complexity index is 521. The third kappa shape index (κ3) is 1.01. The minimum Gasteiger partial charge on any atom is -0.472 e. The van der Waals surface area contributed by atoms with E-state index in [1.165, 1.54) is 0 Å². The van der Waals surface area contributed by atoms with Crippen LogP contribution in [0.4, 0.5) is 0 Å². The monoisotopic (exact) mass is 185 g/mol. The minimum absolute atomic E-state index is 0.795. The summed E-state index contributed by atoms with van der Waals surface area (Å²) in [4.78, 5) is 11.5. The van der Waals surface area contributed by atoms with Gasteiger partial charge in [0.2, 0.25) is 0 Å². The molecular formula is C10H7N3O. The summed E-state index contributed by atoms with van der Waals surface area (Å²) in [6.07, 6.45) is 6.67. The minimum atomic E-state index is 0.795. The van der Waals surface area contributed by atoms with Crippen LogP contribution in [0.1, 0.15) is 0 Å². The van der Waals surface area contributed by atoms with Gasteiger partial charge in [-0.25, -0.2) is 4.98 Å². The molecule has 68 valence electrons. The Hall–Kier alpha value is -2.10. The molecule has 0 aliphatic rings. The Morgan fingerprint density at radius 3 is 2.93 bits per heavy atom. The number of furan rings is 1. The lowest BCUT2D eigenvalue weighted by molar-refractivity contribution is 0.568. The zero-order valence-corrected chi connectivity index (χ0v) is 7.27. The van der Waals surface area contributed by atoms with Crippen LogP contribution >= 0.6 is 0 Å². The number of hydrogen-bond acceptors (Lipinski definition) is 3. The van der Waals surface area contributed by atoms with E-state index in [0.29, 0.717) is 0 Å². The van der Waals surface area contributed by atoms with Crippen LogP contribution in [-0.4, -0.2) is 15.0 Å². The van der Waals surface area contributed by atoms with Crippen molar-refractivity contribution in [1.82, 2.24) is 15.0 Å². The maximum Gasteiger partial charge on any atom is 0.156 e. The highest BCUT2D eigenvalue weighted by Crippen LogP contribution is 2.21. The molecule has 0 radical (unpaired) electrons. The van der Waals surface area contributed by atoms with E-state index in [4.69, 9.17) is 4.42 Å². The second kappa shape index (κ2) is 2.70. The third-order valence-electron chi connectivity index (χ3n) is 2.09. The first-order valence-electron chi connectivity index (χ1n) is 4.26. The molecule has 0 aliphatic heterocycles. The number of fused-ring (bicyclic) bond motifs is 1. The quantitative estimate of drug-likeness (QED) is 0.632. The van der Waals surface area contributed by atoms with E-state index in [2.05, 4.69) is 15.0 Å². The molecule has 3 heterocycles. The summed E-state index contributed by atoms with van der Waals surface area (Å²) in [7, 11) is 0. The van der Waals surface area contributed by atoms with Crippen LogP contribution < -0.4 is 0 Å². The van der Waals surface area contributed by atoms with E-state index in [-0.39, 0.29) is 0 Å². The first kappa shape index (κ1) is 7.32.